The number of carbonyl (C=O) groups excluding carboxylic acids is 1. The molecule has 1 aliphatic carbocycles. The van der Waals surface area contributed by atoms with Crippen LogP contribution in [0.1, 0.15) is 63.7 Å². The van der Waals surface area contributed by atoms with Gasteiger partial charge >= 0.3 is 5.97 Å². The van der Waals surface area contributed by atoms with E-state index in [9.17, 15) is 4.79 Å². The van der Waals surface area contributed by atoms with Gasteiger partial charge < -0.3 is 13.9 Å². The van der Waals surface area contributed by atoms with Crippen LogP contribution in [0.4, 0.5) is 0 Å². The van der Waals surface area contributed by atoms with Gasteiger partial charge in [0.25, 0.3) is 5.95 Å². The number of hydrogen-bond donors (Lipinski definition) is 0. The molecule has 36 heavy (non-hydrogen) atoms. The minimum Gasteiger partial charge on any atom is -0.479 e. The van der Waals surface area contributed by atoms with E-state index in [-0.39, 0.29) is 5.04 Å². The Hall–Kier alpha value is -2.79. The van der Waals surface area contributed by atoms with E-state index in [1.807, 2.05) is 4.68 Å². The van der Waals surface area contributed by atoms with Gasteiger partial charge in [-0.05, 0) is 56.7 Å². The lowest BCUT2D eigenvalue weighted by Gasteiger charge is -2.41. The summed E-state index contributed by atoms with van der Waals surface area (Å²) in [4.78, 5) is 21.2. The molecule has 3 heterocycles. The first-order chi connectivity index (χ1) is 17.0. The summed E-state index contributed by atoms with van der Waals surface area (Å²) in [5, 5.41) is 9.05. The molecular weight excluding hydrogens is 476 g/mol. The van der Waals surface area contributed by atoms with E-state index in [1.54, 1.807) is 26.4 Å². The number of methoxy groups -OCH3 is 1. The van der Waals surface area contributed by atoms with Gasteiger partial charge in [0.1, 0.15) is 11.0 Å². The maximum absolute atomic E-state index is 12.0. The maximum atomic E-state index is 12.0. The zero-order valence-electron chi connectivity index (χ0n) is 22.4. The van der Waals surface area contributed by atoms with Crippen molar-refractivity contribution in [2.45, 2.75) is 84.2 Å². The van der Waals surface area contributed by atoms with Crippen LogP contribution in [0.2, 0.25) is 18.1 Å². The molecule has 1 aliphatic rings. The van der Waals surface area contributed by atoms with Gasteiger partial charge in [0.2, 0.25) is 5.88 Å². The molecule has 0 atom stereocenters. The standard InChI is InChI=1S/C25H38N6O4Si/c1-8-34-23(32)18-13-26-31(16-18)24-28-20-14-27-30(21(20)22(29-24)33-5)15-17-9-11-19(12-10-17)35-36(6,7)25(2,3)4/h13-14,16-17,19H,8-12,15H2,1-7H3/t17-,19+. The molecule has 4 rings (SSSR count). The Kier molecular flexibility index (Phi) is 7.51. The van der Waals surface area contributed by atoms with Crippen molar-refractivity contribution in [3.63, 3.8) is 0 Å². The summed E-state index contributed by atoms with van der Waals surface area (Å²) in [6.45, 7) is 14.4. The fourth-order valence-electron chi connectivity index (χ4n) is 4.36. The molecule has 0 aliphatic heterocycles. The highest BCUT2D eigenvalue weighted by atomic mass is 28.4. The van der Waals surface area contributed by atoms with Crippen molar-refractivity contribution in [2.75, 3.05) is 13.7 Å². The van der Waals surface area contributed by atoms with E-state index in [4.69, 9.17) is 13.9 Å². The van der Waals surface area contributed by atoms with Gasteiger partial charge in [0.15, 0.2) is 8.32 Å². The van der Waals surface area contributed by atoms with Crippen LogP contribution in [0.5, 0.6) is 5.88 Å². The van der Waals surface area contributed by atoms with E-state index < -0.39 is 14.3 Å². The summed E-state index contributed by atoms with van der Waals surface area (Å²) in [6.07, 6.45) is 9.43. The highest BCUT2D eigenvalue weighted by Gasteiger charge is 2.39. The molecule has 0 unspecified atom stereocenters. The number of hydrogen-bond acceptors (Lipinski definition) is 8. The minimum absolute atomic E-state index is 0.226. The van der Waals surface area contributed by atoms with Crippen LogP contribution in [0, 0.1) is 5.92 Å². The van der Waals surface area contributed by atoms with E-state index in [2.05, 4.69) is 54.0 Å². The van der Waals surface area contributed by atoms with Crippen molar-refractivity contribution < 1.29 is 18.7 Å². The lowest BCUT2D eigenvalue weighted by molar-refractivity contribution is 0.0526. The SMILES string of the molecule is CCOC(=O)c1cnn(-c2nc(OC)c3c(cnn3C[C@H]3CC[C@@H](O[Si](C)(C)C(C)(C)C)CC3)n2)c1. The number of ether oxygens (including phenoxy) is 2. The molecule has 0 aromatic carbocycles. The molecule has 0 N–H and O–H groups in total. The summed E-state index contributed by atoms with van der Waals surface area (Å²) in [6, 6.07) is 0. The molecule has 0 bridgehead atoms. The average Bonchev–Trinajstić information content (AvgIpc) is 3.47. The van der Waals surface area contributed by atoms with Gasteiger partial charge in [-0.2, -0.15) is 15.2 Å². The van der Waals surface area contributed by atoms with Crippen molar-refractivity contribution >= 4 is 25.3 Å². The van der Waals surface area contributed by atoms with Crippen molar-refractivity contribution in [2.24, 2.45) is 5.92 Å². The Bertz CT molecular complexity index is 1210. The third-order valence-electron chi connectivity index (χ3n) is 7.43. The number of aromatic nitrogens is 6. The number of esters is 1. The number of carbonyl (C=O) groups is 1. The first-order valence-electron chi connectivity index (χ1n) is 12.7. The highest BCUT2D eigenvalue weighted by Crippen LogP contribution is 2.40. The molecule has 10 nitrogen and oxygen atoms in total. The fraction of sp³-hybridized carbons (Fsp3) is 0.640. The number of rotatable bonds is 8. The minimum atomic E-state index is -1.75. The van der Waals surface area contributed by atoms with Crippen LogP contribution < -0.4 is 4.74 Å². The Morgan fingerprint density at radius 1 is 1.11 bits per heavy atom. The van der Waals surface area contributed by atoms with Crippen molar-refractivity contribution in [1.82, 2.24) is 29.5 Å². The second-order valence-electron chi connectivity index (χ2n) is 11.0. The van der Waals surface area contributed by atoms with Crippen LogP contribution in [0.25, 0.3) is 17.0 Å². The molecule has 3 aromatic heterocycles. The van der Waals surface area contributed by atoms with E-state index >= 15 is 0 Å². The van der Waals surface area contributed by atoms with Crippen molar-refractivity contribution in [3.8, 4) is 11.8 Å². The van der Waals surface area contributed by atoms with Crippen LogP contribution in [-0.2, 0) is 15.7 Å². The summed E-state index contributed by atoms with van der Waals surface area (Å²) >= 11 is 0. The summed E-state index contributed by atoms with van der Waals surface area (Å²) < 4.78 is 20.7. The molecule has 11 heteroatoms. The van der Waals surface area contributed by atoms with Gasteiger partial charge in [-0.1, -0.05) is 20.8 Å². The molecule has 0 amide bonds. The smallest absolute Gasteiger partial charge is 0.341 e. The maximum Gasteiger partial charge on any atom is 0.341 e. The number of nitrogens with zero attached hydrogens (tertiary/aromatic N) is 6. The summed E-state index contributed by atoms with van der Waals surface area (Å²) in [7, 11) is -0.170. The topological polar surface area (TPSA) is 106 Å². The van der Waals surface area contributed by atoms with Crippen molar-refractivity contribution in [3.05, 3.63) is 24.2 Å². The quantitative estimate of drug-likeness (QED) is 0.312. The Morgan fingerprint density at radius 2 is 1.83 bits per heavy atom. The first kappa shape index (κ1) is 26.3. The largest absolute Gasteiger partial charge is 0.479 e. The van der Waals surface area contributed by atoms with Gasteiger partial charge in [-0.15, -0.1) is 0 Å². The normalized spacial score (nSPS) is 19.0. The predicted octanol–water partition coefficient (Wildman–Crippen LogP) is 4.78. The van der Waals surface area contributed by atoms with E-state index in [1.165, 1.54) is 10.9 Å². The van der Waals surface area contributed by atoms with Crippen LogP contribution in [-0.4, -0.2) is 63.6 Å². The first-order valence-corrected chi connectivity index (χ1v) is 15.6. The van der Waals surface area contributed by atoms with Gasteiger partial charge in [-0.25, -0.2) is 14.5 Å². The van der Waals surface area contributed by atoms with E-state index in [0.29, 0.717) is 41.5 Å². The molecule has 1 fully saturated rings. The lowest BCUT2D eigenvalue weighted by atomic mass is 9.87. The molecular formula is C25H38N6O4Si. The average molecular weight is 515 g/mol. The zero-order chi connectivity index (χ0) is 26.1. The molecule has 1 saturated carbocycles. The van der Waals surface area contributed by atoms with Crippen LogP contribution in [0.15, 0.2) is 18.6 Å². The molecule has 0 spiro atoms. The monoisotopic (exact) mass is 514 g/mol. The number of fused-ring (bicyclic) bond motifs is 1. The van der Waals surface area contributed by atoms with E-state index in [0.717, 1.165) is 37.7 Å². The Morgan fingerprint density at radius 3 is 2.47 bits per heavy atom. The highest BCUT2D eigenvalue weighted by molar-refractivity contribution is 6.74. The molecule has 3 aromatic rings. The van der Waals surface area contributed by atoms with Crippen molar-refractivity contribution in [1.29, 1.82) is 0 Å². The molecule has 0 radical (unpaired) electrons. The van der Waals surface area contributed by atoms with Crippen LogP contribution in [0.3, 0.4) is 0 Å². The zero-order valence-corrected chi connectivity index (χ0v) is 23.4. The molecule has 196 valence electrons. The summed E-state index contributed by atoms with van der Waals surface area (Å²) in [5.74, 6) is 0.803. The third kappa shape index (κ3) is 5.46. The second kappa shape index (κ2) is 10.3. The summed E-state index contributed by atoms with van der Waals surface area (Å²) in [5.41, 5.74) is 1.77. The lowest BCUT2D eigenvalue weighted by Crippen LogP contribution is -2.44. The second-order valence-corrected chi connectivity index (χ2v) is 15.8. The van der Waals surface area contributed by atoms with Crippen LogP contribution >= 0.6 is 0 Å². The van der Waals surface area contributed by atoms with Gasteiger partial charge in [0, 0.05) is 18.8 Å². The molecule has 0 saturated heterocycles. The Labute approximate surface area is 213 Å². The van der Waals surface area contributed by atoms with Gasteiger partial charge in [0.05, 0.1) is 31.7 Å². The third-order valence-corrected chi connectivity index (χ3v) is 12.0. The Balaban J connectivity index is 1.47. The fourth-order valence-corrected chi connectivity index (χ4v) is 5.78. The van der Waals surface area contributed by atoms with Gasteiger partial charge in [-0.3, -0.25) is 4.68 Å². The predicted molar refractivity (Wildman–Crippen MR) is 139 cm³/mol.